The Labute approximate surface area is 89.1 Å². The van der Waals surface area contributed by atoms with Crippen molar-refractivity contribution >= 4 is 16.3 Å². The minimum atomic E-state index is 0.102. The third-order valence-corrected chi connectivity index (χ3v) is 1.87. The maximum absolute atomic E-state index is 9.27. The predicted molar refractivity (Wildman–Crippen MR) is 60.3 cm³/mol. The van der Waals surface area contributed by atoms with Crippen molar-refractivity contribution in [2.45, 2.75) is 33.1 Å². The molecule has 84 valence electrons. The first-order valence-electron chi connectivity index (χ1n) is 4.99. The number of hydrogen-bond acceptors (Lipinski definition) is 4. The topological polar surface area (TPSA) is 47.9 Å². The molecule has 0 aliphatic rings. The van der Waals surface area contributed by atoms with Gasteiger partial charge in [-0.3, -0.25) is 0 Å². The standard InChI is InChI=1S/C5H14O2Si.C4H7NO/c1-3-6-5(8)7-4-2;1-2-3-5-4-6/h5H,3-4H2,1-2,8H3;2-3H2,1H3. The molecule has 0 atom stereocenters. The van der Waals surface area contributed by atoms with Crippen LogP contribution in [-0.4, -0.2) is 42.0 Å². The summed E-state index contributed by atoms with van der Waals surface area (Å²) in [6.07, 6.45) is 2.37. The van der Waals surface area contributed by atoms with Gasteiger partial charge in [-0.15, -0.1) is 0 Å². The molecule has 0 aliphatic carbocycles. The van der Waals surface area contributed by atoms with E-state index >= 15 is 0 Å². The van der Waals surface area contributed by atoms with Crippen LogP contribution < -0.4 is 0 Å². The highest BCUT2D eigenvalue weighted by atomic mass is 28.1. The second kappa shape index (κ2) is 15.0. The van der Waals surface area contributed by atoms with Crippen molar-refractivity contribution in [2.75, 3.05) is 19.8 Å². The smallest absolute Gasteiger partial charge is 0.234 e. The summed E-state index contributed by atoms with van der Waals surface area (Å²) in [5.41, 5.74) is 0. The summed E-state index contributed by atoms with van der Waals surface area (Å²) < 4.78 is 10.2. The van der Waals surface area contributed by atoms with Crippen molar-refractivity contribution < 1.29 is 14.3 Å². The van der Waals surface area contributed by atoms with E-state index in [1.807, 2.05) is 20.8 Å². The van der Waals surface area contributed by atoms with E-state index in [9.17, 15) is 4.79 Å². The molecule has 0 saturated carbocycles. The summed E-state index contributed by atoms with van der Waals surface area (Å²) in [6.45, 7) is 8.04. The highest BCUT2D eigenvalue weighted by molar-refractivity contribution is 6.09. The van der Waals surface area contributed by atoms with Gasteiger partial charge in [0.25, 0.3) is 0 Å². The fourth-order valence-electron chi connectivity index (χ4n) is 0.675. The van der Waals surface area contributed by atoms with Crippen molar-refractivity contribution in [1.29, 1.82) is 0 Å². The van der Waals surface area contributed by atoms with E-state index in [2.05, 4.69) is 4.99 Å². The molecule has 0 radical (unpaired) electrons. The van der Waals surface area contributed by atoms with E-state index < -0.39 is 0 Å². The van der Waals surface area contributed by atoms with E-state index in [0.29, 0.717) is 6.54 Å². The molecule has 0 bridgehead atoms. The minimum Gasteiger partial charge on any atom is -0.358 e. The molecule has 0 unspecified atom stereocenters. The summed E-state index contributed by atoms with van der Waals surface area (Å²) in [5.74, 6) is 0.102. The van der Waals surface area contributed by atoms with E-state index in [4.69, 9.17) is 9.47 Å². The van der Waals surface area contributed by atoms with Gasteiger partial charge in [0.15, 0.2) is 0 Å². The summed E-state index contributed by atoms with van der Waals surface area (Å²) in [5, 5.41) is 0. The van der Waals surface area contributed by atoms with Gasteiger partial charge in [0.1, 0.15) is 5.91 Å². The number of ether oxygens (including phenoxy) is 2. The largest absolute Gasteiger partial charge is 0.358 e. The molecule has 0 N–H and O–H groups in total. The fraction of sp³-hybridized carbons (Fsp3) is 0.889. The number of rotatable bonds is 6. The number of aliphatic imine (C=N–C) groups is 1. The van der Waals surface area contributed by atoms with E-state index in [1.165, 1.54) is 6.08 Å². The predicted octanol–water partition coefficient (Wildman–Crippen LogP) is 0.441. The van der Waals surface area contributed by atoms with Crippen LogP contribution in [0.3, 0.4) is 0 Å². The fourth-order valence-corrected chi connectivity index (χ4v) is 1.34. The van der Waals surface area contributed by atoms with Gasteiger partial charge in [-0.05, 0) is 20.3 Å². The molecule has 5 heteroatoms. The zero-order valence-corrected chi connectivity index (χ0v) is 11.6. The quantitative estimate of drug-likeness (QED) is 0.282. The molecule has 0 aliphatic heterocycles. The molecule has 0 fully saturated rings. The van der Waals surface area contributed by atoms with Crippen LogP contribution in [0.1, 0.15) is 27.2 Å². The van der Waals surface area contributed by atoms with Gasteiger partial charge in [0.2, 0.25) is 6.08 Å². The van der Waals surface area contributed by atoms with Crippen LogP contribution in [0.25, 0.3) is 0 Å². The molecule has 14 heavy (non-hydrogen) atoms. The van der Waals surface area contributed by atoms with Crippen LogP contribution >= 0.6 is 0 Å². The lowest BCUT2D eigenvalue weighted by Gasteiger charge is -2.09. The molecule has 0 rings (SSSR count). The van der Waals surface area contributed by atoms with E-state index in [0.717, 1.165) is 29.9 Å². The molecule has 0 amide bonds. The lowest BCUT2D eigenvalue weighted by molar-refractivity contribution is -0.0801. The van der Waals surface area contributed by atoms with Gasteiger partial charge in [-0.25, -0.2) is 9.79 Å². The van der Waals surface area contributed by atoms with Gasteiger partial charge < -0.3 is 9.47 Å². The highest BCUT2D eigenvalue weighted by Crippen LogP contribution is 1.86. The summed E-state index contributed by atoms with van der Waals surface area (Å²) >= 11 is 0. The summed E-state index contributed by atoms with van der Waals surface area (Å²) in [6, 6.07) is 0. The van der Waals surface area contributed by atoms with E-state index in [1.54, 1.807) is 0 Å². The van der Waals surface area contributed by atoms with Crippen molar-refractivity contribution in [2.24, 2.45) is 4.99 Å². The Morgan fingerprint density at radius 2 is 1.79 bits per heavy atom. The Morgan fingerprint density at radius 3 is 2.00 bits per heavy atom. The number of isocyanates is 1. The molecule has 0 spiro atoms. The third-order valence-electron chi connectivity index (χ3n) is 1.20. The number of hydrogen-bond donors (Lipinski definition) is 0. The first-order chi connectivity index (χ1) is 6.72. The third kappa shape index (κ3) is 17.6. The van der Waals surface area contributed by atoms with Crippen molar-refractivity contribution in [3.8, 4) is 0 Å². The first kappa shape index (κ1) is 16.0. The molecule has 0 aromatic carbocycles. The van der Waals surface area contributed by atoms with Crippen molar-refractivity contribution in [3.63, 3.8) is 0 Å². The zero-order valence-electron chi connectivity index (χ0n) is 9.58. The van der Waals surface area contributed by atoms with Crippen LogP contribution in [0.5, 0.6) is 0 Å². The Bertz CT molecular complexity index is 143. The highest BCUT2D eigenvalue weighted by Gasteiger charge is 1.94. The first-order valence-corrected chi connectivity index (χ1v) is 6.15. The van der Waals surface area contributed by atoms with Crippen LogP contribution in [0.4, 0.5) is 0 Å². The molecule has 0 heterocycles. The number of carbonyl (C=O) groups excluding carboxylic acids is 1. The molecule has 0 aromatic heterocycles. The van der Waals surface area contributed by atoms with E-state index in [-0.39, 0.29) is 5.91 Å². The van der Waals surface area contributed by atoms with Crippen LogP contribution in [-0.2, 0) is 14.3 Å². The van der Waals surface area contributed by atoms with Gasteiger partial charge in [-0.1, -0.05) is 6.92 Å². The average molecular weight is 219 g/mol. The van der Waals surface area contributed by atoms with Crippen molar-refractivity contribution in [1.82, 2.24) is 0 Å². The molecule has 0 saturated heterocycles. The van der Waals surface area contributed by atoms with Crippen LogP contribution in [0.15, 0.2) is 4.99 Å². The Morgan fingerprint density at radius 1 is 1.29 bits per heavy atom. The lowest BCUT2D eigenvalue weighted by Crippen LogP contribution is -2.16. The SMILES string of the molecule is CCCN=C=O.CCOC([SiH3])OCC. The Kier molecular flexibility index (Phi) is 17.1. The number of nitrogens with zero attached hydrogens (tertiary/aromatic N) is 1. The van der Waals surface area contributed by atoms with Gasteiger partial charge in [0, 0.05) is 13.2 Å². The van der Waals surface area contributed by atoms with Gasteiger partial charge >= 0.3 is 0 Å². The van der Waals surface area contributed by atoms with Gasteiger partial charge in [0.05, 0.1) is 16.8 Å². The second-order valence-corrected chi connectivity index (χ2v) is 3.39. The maximum Gasteiger partial charge on any atom is 0.234 e. The molecule has 4 nitrogen and oxygen atoms in total. The Balaban J connectivity index is 0. The van der Waals surface area contributed by atoms with Crippen molar-refractivity contribution in [3.05, 3.63) is 0 Å². The van der Waals surface area contributed by atoms with Gasteiger partial charge in [-0.2, -0.15) is 0 Å². The van der Waals surface area contributed by atoms with Crippen LogP contribution in [0.2, 0.25) is 0 Å². The average Bonchev–Trinajstić information content (AvgIpc) is 2.16. The summed E-state index contributed by atoms with van der Waals surface area (Å²) in [7, 11) is 0.964. The normalized spacial score (nSPS) is 9.14. The zero-order chi connectivity index (χ0) is 11.2. The second-order valence-electron chi connectivity index (χ2n) is 2.45. The molecular formula is C9H21NO3Si. The maximum atomic E-state index is 9.27. The monoisotopic (exact) mass is 219 g/mol. The lowest BCUT2D eigenvalue weighted by atomic mass is 10.5. The van der Waals surface area contributed by atoms with Crippen LogP contribution in [0, 0.1) is 0 Å². The molecule has 0 aromatic rings. The minimum absolute atomic E-state index is 0.102. The molecular weight excluding hydrogens is 198 g/mol. The summed E-state index contributed by atoms with van der Waals surface area (Å²) in [4.78, 5) is 12.6. The Hall–Kier alpha value is -0.483.